The monoisotopic (exact) mass is 197 g/mol. The lowest BCUT2D eigenvalue weighted by atomic mass is 10.2. The molecule has 0 saturated carbocycles. The highest BCUT2D eigenvalue weighted by atomic mass is 16.5. The summed E-state index contributed by atoms with van der Waals surface area (Å²) >= 11 is 0. The fourth-order valence-corrected chi connectivity index (χ4v) is 1.38. The van der Waals surface area contributed by atoms with Crippen molar-refractivity contribution in [2.24, 2.45) is 7.05 Å². The lowest BCUT2D eigenvalue weighted by Gasteiger charge is -2.00. The Bertz CT molecular complexity index is 245. The number of ether oxygens (including phenoxy) is 1. The molecule has 0 atom stereocenters. The van der Waals surface area contributed by atoms with E-state index in [2.05, 4.69) is 11.9 Å². The number of nitrogens with zero attached hydrogens (tertiary/aromatic N) is 1. The molecule has 0 amide bonds. The van der Waals surface area contributed by atoms with Crippen molar-refractivity contribution in [3.63, 3.8) is 0 Å². The fraction of sp³-hybridized carbons (Fsp3) is 0.727. The zero-order valence-electron chi connectivity index (χ0n) is 9.25. The lowest BCUT2D eigenvalue weighted by molar-refractivity contribution is -0.680. The molecule has 1 heterocycles. The normalized spacial score (nSPS) is 10.7. The van der Waals surface area contributed by atoms with Crippen LogP contribution in [0.1, 0.15) is 38.4 Å². The molecule has 0 bridgehead atoms. The Kier molecular flexibility index (Phi) is 5.30. The fourth-order valence-electron chi connectivity index (χ4n) is 1.38. The number of hydrogen-bond donors (Lipinski definition) is 1. The highest BCUT2D eigenvalue weighted by Crippen LogP contribution is 1.99. The van der Waals surface area contributed by atoms with E-state index in [-0.39, 0.29) is 0 Å². The molecule has 3 heteroatoms. The van der Waals surface area contributed by atoms with Crippen LogP contribution in [-0.2, 0) is 18.4 Å². The lowest BCUT2D eigenvalue weighted by Crippen LogP contribution is -2.30. The van der Waals surface area contributed by atoms with Crippen molar-refractivity contribution >= 4 is 0 Å². The number of unbranched alkanes of at least 4 members (excludes halogenated alkanes) is 3. The first kappa shape index (κ1) is 11.2. The minimum Gasteiger partial charge on any atom is -0.369 e. The van der Waals surface area contributed by atoms with Crippen molar-refractivity contribution in [1.82, 2.24) is 4.98 Å². The standard InChI is InChI=1S/C11H20N2O/c1-3-4-5-6-9-14-10-11-12-7-8-13(11)2/h7-8H,3-6,9-10H2,1-2H3/p+1. The molecule has 0 unspecified atom stereocenters. The molecule has 1 rings (SSSR count). The summed E-state index contributed by atoms with van der Waals surface area (Å²) in [4.78, 5) is 3.15. The van der Waals surface area contributed by atoms with E-state index in [4.69, 9.17) is 4.74 Å². The Hall–Kier alpha value is -0.830. The van der Waals surface area contributed by atoms with Crippen LogP contribution in [0.5, 0.6) is 0 Å². The van der Waals surface area contributed by atoms with Gasteiger partial charge in [-0.2, -0.15) is 0 Å². The highest BCUT2D eigenvalue weighted by Gasteiger charge is 2.04. The van der Waals surface area contributed by atoms with Crippen LogP contribution in [0.2, 0.25) is 0 Å². The third kappa shape index (κ3) is 3.92. The summed E-state index contributed by atoms with van der Waals surface area (Å²) in [5, 5.41) is 0. The number of hydrogen-bond acceptors (Lipinski definition) is 1. The van der Waals surface area contributed by atoms with Gasteiger partial charge in [-0.25, -0.2) is 9.55 Å². The van der Waals surface area contributed by atoms with E-state index < -0.39 is 0 Å². The van der Waals surface area contributed by atoms with E-state index in [9.17, 15) is 0 Å². The summed E-state index contributed by atoms with van der Waals surface area (Å²) in [6.45, 7) is 3.79. The molecule has 1 aromatic rings. The van der Waals surface area contributed by atoms with E-state index in [1.54, 1.807) is 0 Å². The summed E-state index contributed by atoms with van der Waals surface area (Å²) < 4.78 is 7.60. The molecule has 0 aliphatic heterocycles. The molecule has 3 nitrogen and oxygen atoms in total. The Morgan fingerprint density at radius 2 is 2.21 bits per heavy atom. The number of aryl methyl sites for hydroxylation is 1. The van der Waals surface area contributed by atoms with Crippen molar-refractivity contribution in [3.05, 3.63) is 18.2 Å². The van der Waals surface area contributed by atoms with Gasteiger partial charge >= 0.3 is 0 Å². The SMILES string of the molecule is CCCCCCOCc1[nH]cc[n+]1C. The maximum atomic E-state index is 5.55. The largest absolute Gasteiger partial charge is 0.369 e. The Labute approximate surface area is 86.1 Å². The summed E-state index contributed by atoms with van der Waals surface area (Å²) in [5.74, 6) is 1.13. The van der Waals surface area contributed by atoms with Crippen LogP contribution in [0, 0.1) is 0 Å². The average molecular weight is 197 g/mol. The van der Waals surface area contributed by atoms with Gasteiger partial charge in [0, 0.05) is 6.61 Å². The topological polar surface area (TPSA) is 28.9 Å². The molecule has 0 radical (unpaired) electrons. The molecular weight excluding hydrogens is 176 g/mol. The van der Waals surface area contributed by atoms with E-state index in [1.807, 2.05) is 24.0 Å². The second-order valence-corrected chi connectivity index (χ2v) is 3.63. The molecule has 14 heavy (non-hydrogen) atoms. The molecule has 0 aliphatic carbocycles. The first-order valence-corrected chi connectivity index (χ1v) is 5.44. The average Bonchev–Trinajstić information content (AvgIpc) is 2.58. The second-order valence-electron chi connectivity index (χ2n) is 3.63. The Morgan fingerprint density at radius 3 is 2.86 bits per heavy atom. The van der Waals surface area contributed by atoms with E-state index in [1.165, 1.54) is 25.7 Å². The summed E-state index contributed by atoms with van der Waals surface area (Å²) in [7, 11) is 2.02. The molecule has 80 valence electrons. The maximum absolute atomic E-state index is 5.55. The van der Waals surface area contributed by atoms with Gasteiger partial charge in [-0.15, -0.1) is 0 Å². The van der Waals surface area contributed by atoms with E-state index in [0.717, 1.165) is 12.4 Å². The molecular formula is C11H21N2O+. The van der Waals surface area contributed by atoms with Crippen LogP contribution in [0.15, 0.2) is 12.4 Å². The zero-order valence-corrected chi connectivity index (χ0v) is 9.25. The molecule has 1 N–H and O–H groups in total. The van der Waals surface area contributed by atoms with Crippen molar-refractivity contribution < 1.29 is 9.30 Å². The van der Waals surface area contributed by atoms with Crippen LogP contribution < -0.4 is 4.57 Å². The van der Waals surface area contributed by atoms with Crippen LogP contribution in [0.4, 0.5) is 0 Å². The van der Waals surface area contributed by atoms with Crippen molar-refractivity contribution in [2.45, 2.75) is 39.2 Å². The number of imidazole rings is 1. The Balaban J connectivity index is 2.02. The van der Waals surface area contributed by atoms with Crippen LogP contribution in [0.25, 0.3) is 0 Å². The van der Waals surface area contributed by atoms with Gasteiger partial charge in [0.2, 0.25) is 0 Å². The zero-order chi connectivity index (χ0) is 10.2. The third-order valence-electron chi connectivity index (χ3n) is 2.35. The number of nitrogens with one attached hydrogen (secondary N) is 1. The van der Waals surface area contributed by atoms with Gasteiger partial charge in [0.25, 0.3) is 5.82 Å². The minimum absolute atomic E-state index is 0.690. The van der Waals surface area contributed by atoms with E-state index >= 15 is 0 Å². The maximum Gasteiger partial charge on any atom is 0.280 e. The van der Waals surface area contributed by atoms with Gasteiger partial charge in [0.1, 0.15) is 19.0 Å². The van der Waals surface area contributed by atoms with Gasteiger partial charge in [-0.3, -0.25) is 0 Å². The van der Waals surface area contributed by atoms with Crippen LogP contribution in [-0.4, -0.2) is 11.6 Å². The number of aromatic nitrogens is 2. The van der Waals surface area contributed by atoms with Crippen LogP contribution in [0.3, 0.4) is 0 Å². The Morgan fingerprint density at radius 1 is 1.36 bits per heavy atom. The van der Waals surface area contributed by atoms with Gasteiger partial charge in [-0.1, -0.05) is 26.2 Å². The minimum atomic E-state index is 0.690. The van der Waals surface area contributed by atoms with Gasteiger partial charge < -0.3 is 4.74 Å². The quantitative estimate of drug-likeness (QED) is 0.525. The molecule has 0 saturated heterocycles. The van der Waals surface area contributed by atoms with E-state index in [0.29, 0.717) is 6.61 Å². The number of rotatable bonds is 7. The van der Waals surface area contributed by atoms with Crippen molar-refractivity contribution in [2.75, 3.05) is 6.61 Å². The smallest absolute Gasteiger partial charge is 0.280 e. The number of H-pyrrole nitrogens is 1. The molecule has 0 spiro atoms. The predicted molar refractivity (Wildman–Crippen MR) is 55.8 cm³/mol. The molecule has 0 fully saturated rings. The summed E-state index contributed by atoms with van der Waals surface area (Å²) in [6.07, 6.45) is 8.99. The third-order valence-corrected chi connectivity index (χ3v) is 2.35. The first-order chi connectivity index (χ1) is 6.84. The molecule has 0 aromatic carbocycles. The van der Waals surface area contributed by atoms with Crippen molar-refractivity contribution in [3.8, 4) is 0 Å². The summed E-state index contributed by atoms with van der Waals surface area (Å²) in [5.41, 5.74) is 0. The van der Waals surface area contributed by atoms with Gasteiger partial charge in [0.15, 0.2) is 0 Å². The molecule has 0 aliphatic rings. The van der Waals surface area contributed by atoms with Gasteiger partial charge in [-0.05, 0) is 6.42 Å². The number of aromatic amines is 1. The summed E-state index contributed by atoms with van der Waals surface area (Å²) in [6, 6.07) is 0. The predicted octanol–water partition coefficient (Wildman–Crippen LogP) is 1.94. The first-order valence-electron chi connectivity index (χ1n) is 5.44. The highest BCUT2D eigenvalue weighted by molar-refractivity contribution is 4.73. The van der Waals surface area contributed by atoms with Crippen LogP contribution >= 0.6 is 0 Å². The van der Waals surface area contributed by atoms with Crippen molar-refractivity contribution in [1.29, 1.82) is 0 Å². The second kappa shape index (κ2) is 6.60. The molecule has 1 aromatic heterocycles. The van der Waals surface area contributed by atoms with Gasteiger partial charge in [0.05, 0.1) is 7.05 Å².